The topological polar surface area (TPSA) is 17.8 Å². The van der Waals surface area contributed by atoms with Gasteiger partial charge in [0.25, 0.3) is 0 Å². The zero-order valence-corrected chi connectivity index (χ0v) is 13.7. The van der Waals surface area contributed by atoms with Gasteiger partial charge in [0.15, 0.2) is 0 Å². The van der Waals surface area contributed by atoms with Gasteiger partial charge in [-0.1, -0.05) is 25.4 Å². The second-order valence-corrected chi connectivity index (χ2v) is 7.74. The SMILES string of the molecule is CC(Cl)c1nc2ccc(Cl)cc2n1C1CCC(C)(C)C1. The molecule has 0 radical (unpaired) electrons. The quantitative estimate of drug-likeness (QED) is 0.647. The van der Waals surface area contributed by atoms with E-state index in [0.29, 0.717) is 11.5 Å². The Kier molecular flexibility index (Phi) is 3.50. The second-order valence-electron chi connectivity index (χ2n) is 6.65. The standard InChI is InChI=1S/C16H20Cl2N2/c1-10(17)15-19-13-5-4-11(18)8-14(13)20(15)12-6-7-16(2,3)9-12/h4-5,8,10,12H,6-7,9H2,1-3H3. The average Bonchev–Trinajstić information content (AvgIpc) is 2.88. The van der Waals surface area contributed by atoms with Crippen LogP contribution >= 0.6 is 23.2 Å². The molecule has 3 rings (SSSR count). The lowest BCUT2D eigenvalue weighted by Gasteiger charge is -2.21. The number of benzene rings is 1. The van der Waals surface area contributed by atoms with Gasteiger partial charge in [-0.25, -0.2) is 4.98 Å². The van der Waals surface area contributed by atoms with Gasteiger partial charge in [-0.2, -0.15) is 0 Å². The highest BCUT2D eigenvalue weighted by molar-refractivity contribution is 6.31. The Labute approximate surface area is 130 Å². The number of aromatic nitrogens is 2. The van der Waals surface area contributed by atoms with Crippen LogP contribution in [0.15, 0.2) is 18.2 Å². The largest absolute Gasteiger partial charge is 0.324 e. The Bertz CT molecular complexity index is 643. The van der Waals surface area contributed by atoms with E-state index >= 15 is 0 Å². The predicted molar refractivity (Wildman–Crippen MR) is 85.7 cm³/mol. The molecule has 0 aliphatic heterocycles. The predicted octanol–water partition coefficient (Wildman–Crippen LogP) is 5.74. The molecule has 0 saturated heterocycles. The number of halogens is 2. The van der Waals surface area contributed by atoms with E-state index in [9.17, 15) is 0 Å². The number of hydrogen-bond donors (Lipinski definition) is 0. The Morgan fingerprint density at radius 2 is 2.15 bits per heavy atom. The van der Waals surface area contributed by atoms with Crippen molar-refractivity contribution in [1.82, 2.24) is 9.55 Å². The first-order valence-corrected chi connectivity index (χ1v) is 8.00. The maximum atomic E-state index is 6.35. The number of imidazole rings is 1. The zero-order chi connectivity index (χ0) is 14.5. The molecule has 0 N–H and O–H groups in total. The molecule has 0 amide bonds. The van der Waals surface area contributed by atoms with Gasteiger partial charge in [0.1, 0.15) is 5.82 Å². The van der Waals surface area contributed by atoms with Crippen LogP contribution in [-0.2, 0) is 0 Å². The van der Waals surface area contributed by atoms with E-state index in [1.54, 1.807) is 0 Å². The molecule has 2 nitrogen and oxygen atoms in total. The summed E-state index contributed by atoms with van der Waals surface area (Å²) in [4.78, 5) is 4.72. The van der Waals surface area contributed by atoms with Crippen LogP contribution in [0.2, 0.25) is 5.02 Å². The van der Waals surface area contributed by atoms with E-state index in [1.807, 2.05) is 25.1 Å². The van der Waals surface area contributed by atoms with Gasteiger partial charge in [0, 0.05) is 11.1 Å². The minimum atomic E-state index is -0.0927. The minimum absolute atomic E-state index is 0.0927. The average molecular weight is 311 g/mol. The molecule has 1 aromatic heterocycles. The summed E-state index contributed by atoms with van der Waals surface area (Å²) in [6, 6.07) is 6.36. The van der Waals surface area contributed by atoms with Crippen molar-refractivity contribution in [2.45, 2.75) is 51.5 Å². The summed E-state index contributed by atoms with van der Waals surface area (Å²) in [7, 11) is 0. The first kappa shape index (κ1) is 14.2. The molecule has 2 aromatic rings. The van der Waals surface area contributed by atoms with Crippen LogP contribution in [0.25, 0.3) is 11.0 Å². The van der Waals surface area contributed by atoms with Crippen molar-refractivity contribution in [2.75, 3.05) is 0 Å². The Morgan fingerprint density at radius 3 is 2.75 bits per heavy atom. The summed E-state index contributed by atoms with van der Waals surface area (Å²) in [5.41, 5.74) is 2.50. The van der Waals surface area contributed by atoms with Crippen molar-refractivity contribution in [1.29, 1.82) is 0 Å². The molecule has 1 fully saturated rings. The maximum absolute atomic E-state index is 6.35. The van der Waals surface area contributed by atoms with Crippen molar-refractivity contribution in [3.05, 3.63) is 29.0 Å². The lowest BCUT2D eigenvalue weighted by Crippen LogP contribution is -2.12. The molecule has 1 aliphatic rings. The Hall–Kier alpha value is -0.730. The minimum Gasteiger partial charge on any atom is -0.324 e. The van der Waals surface area contributed by atoms with Crippen LogP contribution in [0.4, 0.5) is 0 Å². The first-order chi connectivity index (χ1) is 9.37. The molecule has 1 aromatic carbocycles. The van der Waals surface area contributed by atoms with Gasteiger partial charge in [0.05, 0.1) is 16.4 Å². The van der Waals surface area contributed by atoms with E-state index in [2.05, 4.69) is 18.4 Å². The molecule has 108 valence electrons. The van der Waals surface area contributed by atoms with E-state index in [0.717, 1.165) is 21.9 Å². The van der Waals surface area contributed by atoms with Crippen molar-refractivity contribution in [3.63, 3.8) is 0 Å². The fourth-order valence-corrected chi connectivity index (χ4v) is 3.69. The molecular weight excluding hydrogens is 291 g/mol. The number of alkyl halides is 1. The van der Waals surface area contributed by atoms with Gasteiger partial charge in [-0.15, -0.1) is 11.6 Å². The van der Waals surface area contributed by atoms with Crippen LogP contribution in [0, 0.1) is 5.41 Å². The lowest BCUT2D eigenvalue weighted by molar-refractivity contribution is 0.358. The molecule has 0 bridgehead atoms. The second kappa shape index (κ2) is 4.92. The molecule has 1 saturated carbocycles. The fraction of sp³-hybridized carbons (Fsp3) is 0.562. The van der Waals surface area contributed by atoms with Crippen LogP contribution in [-0.4, -0.2) is 9.55 Å². The third kappa shape index (κ3) is 2.44. The normalized spacial score (nSPS) is 23.4. The van der Waals surface area contributed by atoms with Gasteiger partial charge in [-0.3, -0.25) is 0 Å². The molecule has 0 spiro atoms. The highest BCUT2D eigenvalue weighted by atomic mass is 35.5. The number of rotatable bonds is 2. The number of hydrogen-bond acceptors (Lipinski definition) is 1. The summed E-state index contributed by atoms with van der Waals surface area (Å²) in [6.45, 7) is 6.66. The maximum Gasteiger partial charge on any atom is 0.127 e. The zero-order valence-electron chi connectivity index (χ0n) is 12.2. The monoisotopic (exact) mass is 310 g/mol. The van der Waals surface area contributed by atoms with Gasteiger partial charge >= 0.3 is 0 Å². The van der Waals surface area contributed by atoms with Crippen LogP contribution in [0.3, 0.4) is 0 Å². The van der Waals surface area contributed by atoms with Gasteiger partial charge < -0.3 is 4.57 Å². The summed E-state index contributed by atoms with van der Waals surface area (Å²) in [5, 5.41) is 0.662. The Morgan fingerprint density at radius 1 is 1.40 bits per heavy atom. The molecule has 2 atom stereocenters. The van der Waals surface area contributed by atoms with Crippen molar-refractivity contribution < 1.29 is 0 Å². The van der Waals surface area contributed by atoms with E-state index in [1.165, 1.54) is 19.3 Å². The van der Waals surface area contributed by atoms with Crippen LogP contribution < -0.4 is 0 Å². The molecule has 1 aliphatic carbocycles. The lowest BCUT2D eigenvalue weighted by atomic mass is 9.92. The van der Waals surface area contributed by atoms with Crippen LogP contribution in [0.5, 0.6) is 0 Å². The third-order valence-corrected chi connectivity index (χ3v) is 4.77. The van der Waals surface area contributed by atoms with Crippen LogP contribution in [0.1, 0.15) is 57.3 Å². The number of nitrogens with zero attached hydrogens (tertiary/aromatic N) is 2. The third-order valence-electron chi connectivity index (χ3n) is 4.34. The smallest absolute Gasteiger partial charge is 0.127 e. The first-order valence-electron chi connectivity index (χ1n) is 7.19. The molecular formula is C16H20Cl2N2. The van der Waals surface area contributed by atoms with E-state index in [4.69, 9.17) is 28.2 Å². The fourth-order valence-electron chi connectivity index (χ4n) is 3.37. The summed E-state index contributed by atoms with van der Waals surface area (Å²) < 4.78 is 2.33. The van der Waals surface area contributed by atoms with Gasteiger partial charge in [0.2, 0.25) is 0 Å². The van der Waals surface area contributed by atoms with E-state index < -0.39 is 0 Å². The summed E-state index contributed by atoms with van der Waals surface area (Å²) in [5.74, 6) is 0.964. The van der Waals surface area contributed by atoms with Crippen molar-refractivity contribution in [2.24, 2.45) is 5.41 Å². The van der Waals surface area contributed by atoms with Crippen molar-refractivity contribution >= 4 is 34.2 Å². The number of fused-ring (bicyclic) bond motifs is 1. The molecule has 1 heterocycles. The Balaban J connectivity index is 2.16. The van der Waals surface area contributed by atoms with Gasteiger partial charge in [-0.05, 0) is 49.8 Å². The highest BCUT2D eigenvalue weighted by Gasteiger charge is 2.34. The van der Waals surface area contributed by atoms with E-state index in [-0.39, 0.29) is 5.38 Å². The molecule has 4 heteroatoms. The van der Waals surface area contributed by atoms with Crippen molar-refractivity contribution in [3.8, 4) is 0 Å². The highest BCUT2D eigenvalue weighted by Crippen LogP contribution is 2.45. The summed E-state index contributed by atoms with van der Waals surface area (Å²) >= 11 is 12.5. The summed E-state index contributed by atoms with van der Waals surface area (Å²) in [6.07, 6.45) is 3.59. The molecule has 20 heavy (non-hydrogen) atoms. The molecule has 2 unspecified atom stereocenters.